The maximum Gasteiger partial charge on any atom is 0.360 e. The number of esters is 4. The second kappa shape index (κ2) is 7.86. The molecule has 0 aromatic heterocycles. The summed E-state index contributed by atoms with van der Waals surface area (Å²) in [5.74, 6) is -3.54. The molecule has 0 saturated heterocycles. The second-order valence-corrected chi connectivity index (χ2v) is 5.62. The van der Waals surface area contributed by atoms with E-state index < -0.39 is 47.3 Å². The van der Waals surface area contributed by atoms with Crippen molar-refractivity contribution in [1.82, 2.24) is 0 Å². The topological polar surface area (TPSA) is 130 Å². The smallest absolute Gasteiger partial charge is 0.360 e. The highest BCUT2D eigenvalue weighted by atomic mass is 16.6. The van der Waals surface area contributed by atoms with Crippen LogP contribution < -0.4 is 0 Å². The van der Waals surface area contributed by atoms with Crippen molar-refractivity contribution in [2.75, 3.05) is 14.2 Å². The quantitative estimate of drug-likeness (QED) is 0.502. The molecule has 1 heterocycles. The van der Waals surface area contributed by atoms with Gasteiger partial charge in [-0.3, -0.25) is 0 Å². The highest BCUT2D eigenvalue weighted by Gasteiger charge is 2.42. The van der Waals surface area contributed by atoms with E-state index in [0.717, 1.165) is 14.2 Å². The lowest BCUT2D eigenvalue weighted by atomic mass is 9.94. The van der Waals surface area contributed by atoms with Crippen molar-refractivity contribution in [2.24, 2.45) is 10.2 Å². The van der Waals surface area contributed by atoms with Gasteiger partial charge in [-0.15, -0.1) is 5.11 Å². The SMILES string of the molecule is COC(=O)[C@H](C)OC(=O)C1=C(C(=O)O[C@@H](C)C(=O)OC)C(C)(C)N=N1. The summed E-state index contributed by atoms with van der Waals surface area (Å²) in [6.07, 6.45) is -2.39. The minimum atomic E-state index is -1.20. The third-order valence-electron chi connectivity index (χ3n) is 3.28. The Hall–Kier alpha value is -2.78. The first-order valence-electron chi connectivity index (χ1n) is 7.30. The molecule has 2 atom stereocenters. The lowest BCUT2D eigenvalue weighted by Gasteiger charge is -2.19. The molecular formula is C15H20N2O8. The van der Waals surface area contributed by atoms with Gasteiger partial charge in [0.05, 0.1) is 14.2 Å². The maximum absolute atomic E-state index is 12.4. The fourth-order valence-electron chi connectivity index (χ4n) is 1.92. The van der Waals surface area contributed by atoms with E-state index in [1.165, 1.54) is 27.7 Å². The van der Waals surface area contributed by atoms with E-state index in [-0.39, 0.29) is 5.57 Å². The Bertz CT molecular complexity index is 650. The van der Waals surface area contributed by atoms with Gasteiger partial charge in [0.25, 0.3) is 0 Å². The number of carbonyl (C=O) groups is 4. The maximum atomic E-state index is 12.4. The Morgan fingerprint density at radius 1 is 0.880 bits per heavy atom. The van der Waals surface area contributed by atoms with E-state index in [0.29, 0.717) is 0 Å². The lowest BCUT2D eigenvalue weighted by Crippen LogP contribution is -2.33. The van der Waals surface area contributed by atoms with Gasteiger partial charge < -0.3 is 18.9 Å². The molecule has 0 amide bonds. The summed E-state index contributed by atoms with van der Waals surface area (Å²) in [5, 5.41) is 7.50. The van der Waals surface area contributed by atoms with Crippen LogP contribution in [0.3, 0.4) is 0 Å². The van der Waals surface area contributed by atoms with Gasteiger partial charge in [-0.05, 0) is 27.7 Å². The van der Waals surface area contributed by atoms with Crippen molar-refractivity contribution in [2.45, 2.75) is 45.4 Å². The molecule has 0 N–H and O–H groups in total. The Kier molecular flexibility index (Phi) is 6.37. The van der Waals surface area contributed by atoms with Crippen LogP contribution in [-0.4, -0.2) is 55.8 Å². The number of ether oxygens (including phenoxy) is 4. The van der Waals surface area contributed by atoms with E-state index in [1.54, 1.807) is 0 Å². The average Bonchev–Trinajstić information content (AvgIpc) is 2.88. The Morgan fingerprint density at radius 2 is 1.32 bits per heavy atom. The minimum Gasteiger partial charge on any atom is -0.466 e. The first-order chi connectivity index (χ1) is 11.5. The fourth-order valence-corrected chi connectivity index (χ4v) is 1.92. The lowest BCUT2D eigenvalue weighted by molar-refractivity contribution is -0.163. The van der Waals surface area contributed by atoms with E-state index in [1.807, 2.05) is 0 Å². The van der Waals surface area contributed by atoms with E-state index in [9.17, 15) is 19.2 Å². The first kappa shape index (κ1) is 20.3. The Labute approximate surface area is 144 Å². The van der Waals surface area contributed by atoms with E-state index in [4.69, 9.17) is 9.47 Å². The second-order valence-electron chi connectivity index (χ2n) is 5.62. The molecule has 0 radical (unpaired) electrons. The van der Waals surface area contributed by atoms with Gasteiger partial charge in [-0.1, -0.05) is 0 Å². The summed E-state index contributed by atoms with van der Waals surface area (Å²) >= 11 is 0. The van der Waals surface area contributed by atoms with Crippen LogP contribution in [0.4, 0.5) is 0 Å². The predicted octanol–water partition coefficient (Wildman–Crippen LogP) is 0.694. The van der Waals surface area contributed by atoms with E-state index in [2.05, 4.69) is 19.7 Å². The van der Waals surface area contributed by atoms with Crippen LogP contribution in [0.2, 0.25) is 0 Å². The standard InChI is InChI=1S/C15H20N2O8/c1-7(11(18)22-5)24-13(20)9-10(16-17-15(9,3)4)14(21)25-8(2)12(19)23-6/h7-8H,1-6H3/t7-,8-/m0/s1. The van der Waals surface area contributed by atoms with E-state index >= 15 is 0 Å². The van der Waals surface area contributed by atoms with Crippen LogP contribution >= 0.6 is 0 Å². The average molecular weight is 356 g/mol. The van der Waals surface area contributed by atoms with Crippen LogP contribution in [0, 0.1) is 0 Å². The molecule has 1 aliphatic heterocycles. The number of methoxy groups -OCH3 is 2. The number of carbonyl (C=O) groups excluding carboxylic acids is 4. The minimum absolute atomic E-state index is 0.190. The van der Waals surface area contributed by atoms with Crippen LogP contribution in [0.1, 0.15) is 27.7 Å². The summed E-state index contributed by atoms with van der Waals surface area (Å²) in [4.78, 5) is 47.3. The molecule has 1 rings (SSSR count). The van der Waals surface area contributed by atoms with Crippen molar-refractivity contribution in [1.29, 1.82) is 0 Å². The number of nitrogens with zero attached hydrogens (tertiary/aromatic N) is 2. The normalized spacial score (nSPS) is 17.5. The van der Waals surface area contributed by atoms with Crippen LogP contribution in [0.25, 0.3) is 0 Å². The predicted molar refractivity (Wildman–Crippen MR) is 81.1 cm³/mol. The fraction of sp³-hybridized carbons (Fsp3) is 0.600. The third kappa shape index (κ3) is 4.61. The molecule has 10 nitrogen and oxygen atoms in total. The van der Waals surface area contributed by atoms with Gasteiger partial charge in [-0.2, -0.15) is 5.11 Å². The Balaban J connectivity index is 3.07. The number of hydrogen-bond acceptors (Lipinski definition) is 10. The summed E-state index contributed by atoms with van der Waals surface area (Å²) in [5.41, 5.74) is -1.76. The monoisotopic (exact) mass is 356 g/mol. The Morgan fingerprint density at radius 3 is 1.76 bits per heavy atom. The zero-order valence-corrected chi connectivity index (χ0v) is 14.8. The highest BCUT2D eigenvalue weighted by molar-refractivity contribution is 6.03. The van der Waals surface area contributed by atoms with Crippen molar-refractivity contribution >= 4 is 23.9 Å². The summed E-state index contributed by atoms with van der Waals surface area (Å²) < 4.78 is 18.8. The molecule has 0 spiro atoms. The van der Waals surface area contributed by atoms with Gasteiger partial charge in [0.2, 0.25) is 0 Å². The number of azo groups is 1. The molecular weight excluding hydrogens is 336 g/mol. The molecule has 0 aliphatic carbocycles. The highest BCUT2D eigenvalue weighted by Crippen LogP contribution is 2.33. The van der Waals surface area contributed by atoms with Crippen molar-refractivity contribution in [3.8, 4) is 0 Å². The molecule has 0 bridgehead atoms. The summed E-state index contributed by atoms with van der Waals surface area (Å²) in [6, 6.07) is 0. The van der Waals surface area contributed by atoms with Gasteiger partial charge in [0, 0.05) is 0 Å². The third-order valence-corrected chi connectivity index (χ3v) is 3.28. The summed E-state index contributed by atoms with van der Waals surface area (Å²) in [7, 11) is 2.29. The van der Waals surface area contributed by atoms with Gasteiger partial charge in [-0.25, -0.2) is 19.2 Å². The molecule has 0 saturated carbocycles. The zero-order valence-electron chi connectivity index (χ0n) is 14.8. The molecule has 25 heavy (non-hydrogen) atoms. The zero-order chi connectivity index (χ0) is 19.4. The van der Waals surface area contributed by atoms with Crippen molar-refractivity contribution in [3.63, 3.8) is 0 Å². The first-order valence-corrected chi connectivity index (χ1v) is 7.30. The van der Waals surface area contributed by atoms with Crippen LogP contribution in [0.15, 0.2) is 21.5 Å². The molecule has 10 heteroatoms. The van der Waals surface area contributed by atoms with Crippen molar-refractivity contribution in [3.05, 3.63) is 11.3 Å². The molecule has 0 fully saturated rings. The number of hydrogen-bond donors (Lipinski definition) is 0. The molecule has 0 aromatic carbocycles. The molecule has 138 valence electrons. The molecule has 0 unspecified atom stereocenters. The van der Waals surface area contributed by atoms with Crippen molar-refractivity contribution < 1.29 is 38.1 Å². The van der Waals surface area contributed by atoms with Crippen LogP contribution in [0.5, 0.6) is 0 Å². The number of rotatable bonds is 6. The summed E-state index contributed by atoms with van der Waals surface area (Å²) in [6.45, 7) is 5.68. The molecule has 1 aliphatic rings. The largest absolute Gasteiger partial charge is 0.466 e. The van der Waals surface area contributed by atoms with Gasteiger partial charge in [0.1, 0.15) is 11.1 Å². The molecule has 0 aromatic rings. The van der Waals surface area contributed by atoms with Gasteiger partial charge in [0.15, 0.2) is 17.9 Å². The van der Waals surface area contributed by atoms with Gasteiger partial charge >= 0.3 is 23.9 Å². The van der Waals surface area contributed by atoms with Crippen LogP contribution in [-0.2, 0) is 38.1 Å².